The Balaban J connectivity index is 5.27. The van der Waals surface area contributed by atoms with Crippen LogP contribution in [-0.4, -0.2) is 96.7 Å². The van der Waals surface area contributed by atoms with Gasteiger partial charge in [-0.1, -0.05) is 426 Å². The van der Waals surface area contributed by atoms with Crippen LogP contribution in [0.25, 0.3) is 0 Å². The standard InChI is InChI=1S/C88H172O17P2/c1-6-10-13-16-19-22-25-28-30-32-33-35-37-44-49-54-59-64-69-74-88(93)105-84(78-99-86(91)72-67-62-57-52-47-42-39-38-41-45-50-55-60-65-70-81(5)9-4)80-103-107(96,97)101-76-82(89)75-100-106(94,95)102-79-83(77-98-85(90)71-66-61-56-51-46-40-27-24-21-18-15-12-8-3)104-87(92)73-68-63-58-53-48-43-36-34-31-29-26-23-20-17-14-11-7-2/h81-84,89H,6-80H2,1-5H3,(H,94,95)(H,96,97)/t81?,82-,83+,84+/m0/s1. The summed E-state index contributed by atoms with van der Waals surface area (Å²) in [5.74, 6) is -1.24. The summed E-state index contributed by atoms with van der Waals surface area (Å²) in [5, 5.41) is 10.7. The van der Waals surface area contributed by atoms with Crippen LogP contribution in [0.1, 0.15) is 478 Å². The fraction of sp³-hybridized carbons (Fsp3) is 0.955. The quantitative estimate of drug-likeness (QED) is 0.0222. The molecule has 0 aliphatic rings. The Hall–Kier alpha value is -1.94. The molecule has 6 atom stereocenters. The molecule has 636 valence electrons. The predicted octanol–water partition coefficient (Wildman–Crippen LogP) is 27.2. The van der Waals surface area contributed by atoms with Crippen molar-refractivity contribution < 1.29 is 80.2 Å². The molecule has 3 N–H and O–H groups in total. The number of aliphatic hydroxyl groups excluding tert-OH is 1. The Bertz CT molecular complexity index is 2030. The van der Waals surface area contributed by atoms with Crippen LogP contribution < -0.4 is 0 Å². The van der Waals surface area contributed by atoms with Crippen LogP contribution in [0.2, 0.25) is 0 Å². The topological polar surface area (TPSA) is 237 Å². The first-order valence-electron chi connectivity index (χ1n) is 45.7. The molecular weight excluding hydrogens is 1390 g/mol. The number of carbonyl (C=O) groups is 4. The Morgan fingerprint density at radius 2 is 0.449 bits per heavy atom. The molecule has 0 radical (unpaired) electrons. The summed E-state index contributed by atoms with van der Waals surface area (Å²) >= 11 is 0. The van der Waals surface area contributed by atoms with E-state index >= 15 is 0 Å². The summed E-state index contributed by atoms with van der Waals surface area (Å²) in [6, 6.07) is 0. The van der Waals surface area contributed by atoms with Crippen molar-refractivity contribution in [2.24, 2.45) is 5.92 Å². The Morgan fingerprint density at radius 3 is 0.664 bits per heavy atom. The van der Waals surface area contributed by atoms with E-state index in [1.165, 1.54) is 302 Å². The second-order valence-corrected chi connectivity index (χ2v) is 34.8. The van der Waals surface area contributed by atoms with Crippen LogP contribution in [0.3, 0.4) is 0 Å². The van der Waals surface area contributed by atoms with E-state index < -0.39 is 97.5 Å². The molecule has 107 heavy (non-hydrogen) atoms. The molecule has 17 nitrogen and oxygen atoms in total. The molecule has 0 aliphatic heterocycles. The molecular formula is C88H172O17P2. The average molecular weight is 1560 g/mol. The first kappa shape index (κ1) is 105. The highest BCUT2D eigenvalue weighted by Crippen LogP contribution is 2.45. The first-order chi connectivity index (χ1) is 52.1. The zero-order valence-electron chi connectivity index (χ0n) is 70.3. The van der Waals surface area contributed by atoms with Crippen LogP contribution >= 0.6 is 15.6 Å². The van der Waals surface area contributed by atoms with Crippen LogP contribution in [0.5, 0.6) is 0 Å². The number of phosphoric ester groups is 2. The SMILES string of the molecule is CCCCCCCCCCCCCCCCCCCCCC(=O)O[C@H](COC(=O)CCCCCCCCCCCCCCCCC(C)CC)COP(=O)(O)OC[C@@H](O)COP(=O)(O)OC[C@@H](COC(=O)CCCCCCCCCCCCCCC)OC(=O)CCCCCCCCCCCCCCCCCCC. The summed E-state index contributed by atoms with van der Waals surface area (Å²) < 4.78 is 69.0. The predicted molar refractivity (Wildman–Crippen MR) is 442 cm³/mol. The van der Waals surface area contributed by atoms with Gasteiger partial charge < -0.3 is 33.8 Å². The molecule has 0 amide bonds. The van der Waals surface area contributed by atoms with Crippen molar-refractivity contribution in [3.05, 3.63) is 0 Å². The zero-order chi connectivity index (χ0) is 78.3. The van der Waals surface area contributed by atoms with Gasteiger partial charge >= 0.3 is 39.5 Å². The lowest BCUT2D eigenvalue weighted by atomic mass is 9.99. The molecule has 0 rings (SSSR count). The highest BCUT2D eigenvalue weighted by atomic mass is 31.2. The number of ether oxygens (including phenoxy) is 4. The summed E-state index contributed by atoms with van der Waals surface area (Å²) in [7, 11) is -9.93. The van der Waals surface area contributed by atoms with E-state index in [0.29, 0.717) is 25.7 Å². The number of phosphoric acid groups is 2. The van der Waals surface area contributed by atoms with Crippen LogP contribution in [-0.2, 0) is 65.4 Å². The normalized spacial score (nSPS) is 14.0. The average Bonchev–Trinajstić information content (AvgIpc) is 0.902. The second-order valence-electron chi connectivity index (χ2n) is 31.9. The number of hydrogen-bond acceptors (Lipinski definition) is 15. The molecule has 0 saturated carbocycles. The highest BCUT2D eigenvalue weighted by Gasteiger charge is 2.30. The smallest absolute Gasteiger partial charge is 0.462 e. The minimum Gasteiger partial charge on any atom is -0.462 e. The zero-order valence-corrected chi connectivity index (χ0v) is 72.1. The molecule has 0 fully saturated rings. The van der Waals surface area contributed by atoms with Crippen molar-refractivity contribution in [2.75, 3.05) is 39.6 Å². The first-order valence-corrected chi connectivity index (χ1v) is 48.7. The summed E-state index contributed by atoms with van der Waals surface area (Å²) in [4.78, 5) is 73.4. The lowest BCUT2D eigenvalue weighted by Gasteiger charge is -2.21. The molecule has 0 saturated heterocycles. The van der Waals surface area contributed by atoms with Gasteiger partial charge in [0, 0.05) is 25.7 Å². The summed E-state index contributed by atoms with van der Waals surface area (Å²) in [6.45, 7) is 7.44. The second kappa shape index (κ2) is 80.7. The molecule has 0 heterocycles. The summed E-state index contributed by atoms with van der Waals surface area (Å²) in [6.07, 6.45) is 74.8. The van der Waals surface area contributed by atoms with Gasteiger partial charge in [0.05, 0.1) is 26.4 Å². The fourth-order valence-corrected chi connectivity index (χ4v) is 15.4. The molecule has 0 aromatic heterocycles. The third-order valence-electron chi connectivity index (χ3n) is 21.1. The van der Waals surface area contributed by atoms with Gasteiger partial charge in [-0.15, -0.1) is 0 Å². The van der Waals surface area contributed by atoms with E-state index in [9.17, 15) is 43.2 Å². The number of hydrogen-bond donors (Lipinski definition) is 3. The molecule has 19 heteroatoms. The molecule has 0 spiro atoms. The highest BCUT2D eigenvalue weighted by molar-refractivity contribution is 7.47. The molecule has 0 aliphatic carbocycles. The van der Waals surface area contributed by atoms with Crippen LogP contribution in [0, 0.1) is 5.92 Å². The number of rotatable bonds is 88. The van der Waals surface area contributed by atoms with Gasteiger partial charge in [-0.3, -0.25) is 37.3 Å². The number of carbonyl (C=O) groups excluding carboxylic acids is 4. The largest absolute Gasteiger partial charge is 0.472 e. The maximum absolute atomic E-state index is 13.2. The lowest BCUT2D eigenvalue weighted by molar-refractivity contribution is -0.161. The van der Waals surface area contributed by atoms with E-state index in [2.05, 4.69) is 34.6 Å². The third kappa shape index (κ3) is 80.5. The molecule has 0 bridgehead atoms. The van der Waals surface area contributed by atoms with E-state index in [0.717, 1.165) is 95.8 Å². The number of unbranched alkanes of at least 4 members (excludes halogenated alkanes) is 59. The van der Waals surface area contributed by atoms with Gasteiger partial charge in [0.25, 0.3) is 0 Å². The number of esters is 4. The van der Waals surface area contributed by atoms with E-state index in [4.69, 9.17) is 37.0 Å². The third-order valence-corrected chi connectivity index (χ3v) is 23.0. The van der Waals surface area contributed by atoms with E-state index in [1.807, 2.05) is 0 Å². The molecule has 0 aromatic carbocycles. The minimum atomic E-state index is -4.97. The Morgan fingerprint density at radius 1 is 0.262 bits per heavy atom. The maximum Gasteiger partial charge on any atom is 0.472 e. The van der Waals surface area contributed by atoms with E-state index in [-0.39, 0.29) is 25.7 Å². The maximum atomic E-state index is 13.2. The molecule has 0 aromatic rings. The fourth-order valence-electron chi connectivity index (χ4n) is 13.8. The molecule has 3 unspecified atom stereocenters. The van der Waals surface area contributed by atoms with Crippen LogP contribution in [0.15, 0.2) is 0 Å². The van der Waals surface area contributed by atoms with Crippen molar-refractivity contribution in [2.45, 2.75) is 496 Å². The van der Waals surface area contributed by atoms with Gasteiger partial charge in [-0.2, -0.15) is 0 Å². The van der Waals surface area contributed by atoms with Gasteiger partial charge in [0.15, 0.2) is 12.2 Å². The van der Waals surface area contributed by atoms with Crippen molar-refractivity contribution in [1.82, 2.24) is 0 Å². The lowest BCUT2D eigenvalue weighted by Crippen LogP contribution is -2.30. The van der Waals surface area contributed by atoms with E-state index in [1.54, 1.807) is 0 Å². The number of aliphatic hydroxyl groups is 1. The summed E-state index contributed by atoms with van der Waals surface area (Å²) in [5.41, 5.74) is 0. The van der Waals surface area contributed by atoms with Crippen molar-refractivity contribution in [3.8, 4) is 0 Å². The van der Waals surface area contributed by atoms with Crippen molar-refractivity contribution >= 4 is 39.5 Å². The van der Waals surface area contributed by atoms with Crippen molar-refractivity contribution in [1.29, 1.82) is 0 Å². The van der Waals surface area contributed by atoms with Gasteiger partial charge in [-0.05, 0) is 31.6 Å². The van der Waals surface area contributed by atoms with Gasteiger partial charge in [0.2, 0.25) is 0 Å². The van der Waals surface area contributed by atoms with Crippen molar-refractivity contribution in [3.63, 3.8) is 0 Å². The Kier molecular flexibility index (Phi) is 79.2. The monoisotopic (exact) mass is 1560 g/mol. The minimum absolute atomic E-state index is 0.109. The Labute approximate surface area is 658 Å². The van der Waals surface area contributed by atoms with Gasteiger partial charge in [-0.25, -0.2) is 9.13 Å². The van der Waals surface area contributed by atoms with Crippen LogP contribution in [0.4, 0.5) is 0 Å². The van der Waals surface area contributed by atoms with Gasteiger partial charge in [0.1, 0.15) is 19.3 Å².